The Morgan fingerprint density at radius 2 is 1.97 bits per heavy atom. The quantitative estimate of drug-likeness (QED) is 0.328. The van der Waals surface area contributed by atoms with Gasteiger partial charge in [0.25, 0.3) is 0 Å². The number of nitriles is 1. The molecule has 31 heavy (non-hydrogen) atoms. The smallest absolute Gasteiger partial charge is 0.144 e. The molecule has 8 heteroatoms. The van der Waals surface area contributed by atoms with Crippen molar-refractivity contribution in [1.82, 2.24) is 25.0 Å². The number of hydrogen-bond donors (Lipinski definition) is 2. The van der Waals surface area contributed by atoms with Crippen LogP contribution in [0, 0.1) is 25.2 Å². The summed E-state index contributed by atoms with van der Waals surface area (Å²) in [5, 5.41) is 26.8. The largest absolute Gasteiger partial charge is 0.396 e. The first-order valence-electron chi connectivity index (χ1n) is 10.0. The Balaban J connectivity index is 2.31. The SMILES string of the molecule is Cc1ccc(/C(=C(\C=C(/C#N)n2ccnn2)CCCCO)c2c(C)ncnc2N)cc1. The van der Waals surface area contributed by atoms with Gasteiger partial charge in [0.2, 0.25) is 0 Å². The minimum Gasteiger partial charge on any atom is -0.396 e. The summed E-state index contributed by atoms with van der Waals surface area (Å²) < 4.78 is 1.43. The molecule has 0 fully saturated rings. The van der Waals surface area contributed by atoms with Crippen LogP contribution >= 0.6 is 0 Å². The first-order valence-corrected chi connectivity index (χ1v) is 10.0. The third-order valence-electron chi connectivity index (χ3n) is 4.93. The second-order valence-electron chi connectivity index (χ2n) is 7.16. The minimum atomic E-state index is 0.0979. The lowest BCUT2D eigenvalue weighted by molar-refractivity contribution is 0.285. The fourth-order valence-corrected chi connectivity index (χ4v) is 3.36. The zero-order valence-electron chi connectivity index (χ0n) is 17.7. The van der Waals surface area contributed by atoms with Crippen LogP contribution in [0.25, 0.3) is 11.3 Å². The number of nitrogens with two attached hydrogens (primary N) is 1. The van der Waals surface area contributed by atoms with Crippen LogP contribution in [0.2, 0.25) is 0 Å². The number of unbranched alkanes of at least 4 members (excludes halogenated alkanes) is 1. The van der Waals surface area contributed by atoms with Crippen molar-refractivity contribution in [2.75, 3.05) is 12.3 Å². The molecule has 3 N–H and O–H groups in total. The van der Waals surface area contributed by atoms with Crippen LogP contribution in [0.5, 0.6) is 0 Å². The van der Waals surface area contributed by atoms with E-state index < -0.39 is 0 Å². The Kier molecular flexibility index (Phi) is 7.25. The normalized spacial score (nSPS) is 12.4. The van der Waals surface area contributed by atoms with Gasteiger partial charge < -0.3 is 10.8 Å². The summed E-state index contributed by atoms with van der Waals surface area (Å²) in [6, 6.07) is 10.3. The molecule has 0 radical (unpaired) electrons. The second kappa shape index (κ2) is 10.3. The maximum absolute atomic E-state index is 9.77. The predicted molar refractivity (Wildman–Crippen MR) is 119 cm³/mol. The van der Waals surface area contributed by atoms with Crippen molar-refractivity contribution in [1.29, 1.82) is 5.26 Å². The van der Waals surface area contributed by atoms with Gasteiger partial charge in [-0.25, -0.2) is 14.6 Å². The van der Waals surface area contributed by atoms with Crippen molar-refractivity contribution in [3.05, 3.63) is 77.0 Å². The fourth-order valence-electron chi connectivity index (χ4n) is 3.36. The molecule has 2 aromatic heterocycles. The lowest BCUT2D eigenvalue weighted by atomic mass is 9.89. The summed E-state index contributed by atoms with van der Waals surface area (Å²) in [5.41, 5.74) is 11.9. The highest BCUT2D eigenvalue weighted by Gasteiger charge is 2.18. The number of anilines is 1. The standard InChI is InChI=1S/C23H25N7O/c1-16-6-8-18(9-7-16)22(21-17(2)26-15-27-23(21)25)19(5-3-4-12-31)13-20(14-24)30-11-10-28-29-30/h6-11,13,15,31H,3-5,12H2,1-2H3,(H2,25,26,27)/b20-13+,22-19+. The minimum absolute atomic E-state index is 0.0979. The fraction of sp³-hybridized carbons (Fsp3) is 0.261. The van der Waals surface area contributed by atoms with E-state index in [0.29, 0.717) is 24.4 Å². The van der Waals surface area contributed by atoms with Crippen molar-refractivity contribution < 1.29 is 5.11 Å². The summed E-state index contributed by atoms with van der Waals surface area (Å²) in [7, 11) is 0. The van der Waals surface area contributed by atoms with E-state index >= 15 is 0 Å². The van der Waals surface area contributed by atoms with Gasteiger partial charge in [0.1, 0.15) is 23.9 Å². The molecule has 158 valence electrons. The highest BCUT2D eigenvalue weighted by Crippen LogP contribution is 2.35. The van der Waals surface area contributed by atoms with Gasteiger partial charge in [-0.3, -0.25) is 0 Å². The Morgan fingerprint density at radius 3 is 2.58 bits per heavy atom. The van der Waals surface area contributed by atoms with E-state index in [1.807, 2.05) is 38.1 Å². The Hall–Kier alpha value is -3.83. The molecule has 8 nitrogen and oxygen atoms in total. The van der Waals surface area contributed by atoms with E-state index in [-0.39, 0.29) is 6.61 Å². The van der Waals surface area contributed by atoms with Crippen LogP contribution in [-0.4, -0.2) is 36.7 Å². The number of rotatable bonds is 8. The van der Waals surface area contributed by atoms with E-state index in [4.69, 9.17) is 5.73 Å². The average molecular weight is 416 g/mol. The summed E-state index contributed by atoms with van der Waals surface area (Å²) in [4.78, 5) is 8.56. The number of nitrogens with zero attached hydrogens (tertiary/aromatic N) is 6. The van der Waals surface area contributed by atoms with Gasteiger partial charge in [-0.2, -0.15) is 5.26 Å². The van der Waals surface area contributed by atoms with Crippen LogP contribution in [-0.2, 0) is 0 Å². The molecular formula is C23H25N7O. The number of aromatic nitrogens is 5. The molecule has 0 amide bonds. The molecule has 0 atom stereocenters. The molecule has 3 rings (SSSR count). The van der Waals surface area contributed by atoms with E-state index in [1.54, 1.807) is 12.3 Å². The van der Waals surface area contributed by atoms with Crippen molar-refractivity contribution >= 4 is 17.1 Å². The van der Waals surface area contributed by atoms with Gasteiger partial charge in [0.15, 0.2) is 0 Å². The zero-order chi connectivity index (χ0) is 22.2. The monoisotopic (exact) mass is 415 g/mol. The van der Waals surface area contributed by atoms with E-state index in [9.17, 15) is 10.4 Å². The molecule has 0 bridgehead atoms. The number of aliphatic hydroxyl groups is 1. The van der Waals surface area contributed by atoms with Crippen LogP contribution in [0.3, 0.4) is 0 Å². The topological polar surface area (TPSA) is 127 Å². The van der Waals surface area contributed by atoms with Crippen LogP contribution in [0.15, 0.2) is 54.6 Å². The molecular weight excluding hydrogens is 390 g/mol. The highest BCUT2D eigenvalue weighted by molar-refractivity contribution is 5.89. The highest BCUT2D eigenvalue weighted by atomic mass is 16.2. The molecule has 0 saturated heterocycles. The Bertz CT molecular complexity index is 1100. The van der Waals surface area contributed by atoms with Gasteiger partial charge in [-0.15, -0.1) is 5.10 Å². The van der Waals surface area contributed by atoms with Gasteiger partial charge >= 0.3 is 0 Å². The second-order valence-corrected chi connectivity index (χ2v) is 7.16. The van der Waals surface area contributed by atoms with Crippen molar-refractivity contribution in [3.63, 3.8) is 0 Å². The average Bonchev–Trinajstić information content (AvgIpc) is 3.29. The molecule has 2 heterocycles. The zero-order valence-corrected chi connectivity index (χ0v) is 17.7. The van der Waals surface area contributed by atoms with Gasteiger partial charge in [0, 0.05) is 12.2 Å². The van der Waals surface area contributed by atoms with Gasteiger partial charge in [0.05, 0.1) is 18.1 Å². The number of aliphatic hydroxyl groups excluding tert-OH is 1. The molecule has 0 saturated carbocycles. The van der Waals surface area contributed by atoms with Gasteiger partial charge in [-0.1, -0.05) is 35.0 Å². The molecule has 0 aliphatic carbocycles. The molecule has 3 aromatic rings. The van der Waals surface area contributed by atoms with E-state index in [1.165, 1.54) is 17.2 Å². The molecule has 0 aliphatic heterocycles. The first kappa shape index (κ1) is 21.9. The predicted octanol–water partition coefficient (Wildman–Crippen LogP) is 3.30. The molecule has 1 aromatic carbocycles. The van der Waals surface area contributed by atoms with E-state index in [2.05, 4.69) is 26.3 Å². The Morgan fingerprint density at radius 1 is 1.19 bits per heavy atom. The summed E-state index contributed by atoms with van der Waals surface area (Å²) in [6.07, 6.45) is 8.39. The lowest BCUT2D eigenvalue weighted by Crippen LogP contribution is -2.06. The third-order valence-corrected chi connectivity index (χ3v) is 4.93. The number of hydrogen-bond acceptors (Lipinski definition) is 7. The summed E-state index contributed by atoms with van der Waals surface area (Å²) in [5.74, 6) is 0.371. The first-order chi connectivity index (χ1) is 15.0. The molecule has 0 unspecified atom stereocenters. The van der Waals surface area contributed by atoms with Crippen molar-refractivity contribution in [3.8, 4) is 6.07 Å². The number of allylic oxidation sites excluding steroid dienone is 3. The van der Waals surface area contributed by atoms with Crippen LogP contribution < -0.4 is 5.73 Å². The number of nitrogen functional groups attached to an aromatic ring is 1. The van der Waals surface area contributed by atoms with Crippen molar-refractivity contribution in [2.24, 2.45) is 0 Å². The van der Waals surface area contributed by atoms with Crippen LogP contribution in [0.1, 0.15) is 41.6 Å². The maximum atomic E-state index is 9.77. The van der Waals surface area contributed by atoms with E-state index in [0.717, 1.165) is 40.0 Å². The lowest BCUT2D eigenvalue weighted by Gasteiger charge is -2.18. The third kappa shape index (κ3) is 5.21. The molecule has 0 aliphatic rings. The van der Waals surface area contributed by atoms with Crippen molar-refractivity contribution in [2.45, 2.75) is 33.1 Å². The molecule has 0 spiro atoms. The Labute approximate surface area is 181 Å². The van der Waals surface area contributed by atoms with Crippen LogP contribution in [0.4, 0.5) is 5.82 Å². The number of aryl methyl sites for hydroxylation is 2. The summed E-state index contributed by atoms with van der Waals surface area (Å²) in [6.45, 7) is 4.01. The summed E-state index contributed by atoms with van der Waals surface area (Å²) >= 11 is 0. The maximum Gasteiger partial charge on any atom is 0.144 e. The number of benzene rings is 1. The van der Waals surface area contributed by atoms with Gasteiger partial charge in [-0.05, 0) is 55.9 Å².